The largest absolute Gasteiger partial charge is 0.478 e. The van der Waals surface area contributed by atoms with Crippen LogP contribution in [0.4, 0.5) is 5.69 Å². The molecular formula is C21H18BrClN2O3. The number of hydrogen-bond acceptors (Lipinski definition) is 3. The summed E-state index contributed by atoms with van der Waals surface area (Å²) in [7, 11) is 0. The Morgan fingerprint density at radius 1 is 1.21 bits per heavy atom. The SMILES string of the molecule is CCC1=NN(c2ccc(Cl)cc2)C(=O)C1C/C(=C/c1ccc(Br)cc1)C(=O)O. The second-order valence-corrected chi connectivity index (χ2v) is 7.71. The van der Waals surface area contributed by atoms with Gasteiger partial charge in [0.1, 0.15) is 0 Å². The number of rotatable bonds is 6. The van der Waals surface area contributed by atoms with Crippen LogP contribution in [0.15, 0.2) is 63.7 Å². The lowest BCUT2D eigenvalue weighted by molar-refractivity contribution is -0.132. The summed E-state index contributed by atoms with van der Waals surface area (Å²) in [5.41, 5.74) is 2.20. The second-order valence-electron chi connectivity index (χ2n) is 6.35. The van der Waals surface area contributed by atoms with Crippen LogP contribution in [0.2, 0.25) is 5.02 Å². The zero-order valence-corrected chi connectivity index (χ0v) is 17.4. The van der Waals surface area contributed by atoms with Gasteiger partial charge in [0.2, 0.25) is 0 Å². The third-order valence-corrected chi connectivity index (χ3v) is 5.26. The molecular weight excluding hydrogens is 444 g/mol. The van der Waals surface area contributed by atoms with Crippen LogP contribution in [-0.2, 0) is 9.59 Å². The van der Waals surface area contributed by atoms with Gasteiger partial charge in [-0.15, -0.1) is 0 Å². The lowest BCUT2D eigenvalue weighted by atomic mass is 9.92. The van der Waals surface area contributed by atoms with E-state index in [-0.39, 0.29) is 17.9 Å². The number of carbonyl (C=O) groups excluding carboxylic acids is 1. The molecule has 1 amide bonds. The zero-order chi connectivity index (χ0) is 20.3. The Hall–Kier alpha value is -2.44. The molecule has 28 heavy (non-hydrogen) atoms. The van der Waals surface area contributed by atoms with Gasteiger partial charge in [-0.3, -0.25) is 4.79 Å². The molecule has 1 aliphatic heterocycles. The van der Waals surface area contributed by atoms with Gasteiger partial charge in [-0.05, 0) is 60.9 Å². The molecule has 1 atom stereocenters. The van der Waals surface area contributed by atoms with E-state index in [0.717, 1.165) is 10.0 Å². The Bertz CT molecular complexity index is 953. The number of carboxylic acids is 1. The zero-order valence-electron chi connectivity index (χ0n) is 15.1. The van der Waals surface area contributed by atoms with Crippen LogP contribution in [0.1, 0.15) is 25.3 Å². The second kappa shape index (κ2) is 8.71. The number of aliphatic carboxylic acids is 1. The first-order valence-electron chi connectivity index (χ1n) is 8.75. The third kappa shape index (κ3) is 4.51. The van der Waals surface area contributed by atoms with Crippen molar-refractivity contribution in [2.75, 3.05) is 5.01 Å². The van der Waals surface area contributed by atoms with Gasteiger partial charge >= 0.3 is 5.97 Å². The Kier molecular flexibility index (Phi) is 6.31. The molecule has 1 unspecified atom stereocenters. The molecule has 0 aliphatic carbocycles. The van der Waals surface area contributed by atoms with Gasteiger partial charge < -0.3 is 5.11 Å². The number of benzene rings is 2. The molecule has 2 aromatic carbocycles. The van der Waals surface area contributed by atoms with Crippen molar-refractivity contribution in [3.63, 3.8) is 0 Å². The van der Waals surface area contributed by atoms with Crippen molar-refractivity contribution in [3.05, 3.63) is 69.2 Å². The Morgan fingerprint density at radius 3 is 2.43 bits per heavy atom. The van der Waals surface area contributed by atoms with Crippen LogP contribution in [0.3, 0.4) is 0 Å². The lowest BCUT2D eigenvalue weighted by Crippen LogP contribution is -2.28. The van der Waals surface area contributed by atoms with Gasteiger partial charge in [0.05, 0.1) is 17.3 Å². The van der Waals surface area contributed by atoms with Crippen molar-refractivity contribution >= 4 is 56.9 Å². The lowest BCUT2D eigenvalue weighted by Gasteiger charge is -2.15. The molecule has 1 heterocycles. The normalized spacial score (nSPS) is 17.0. The summed E-state index contributed by atoms with van der Waals surface area (Å²) < 4.78 is 0.909. The first-order chi connectivity index (χ1) is 13.4. The van der Waals surface area contributed by atoms with Crippen molar-refractivity contribution in [1.82, 2.24) is 0 Å². The fourth-order valence-electron chi connectivity index (χ4n) is 3.02. The monoisotopic (exact) mass is 460 g/mol. The summed E-state index contributed by atoms with van der Waals surface area (Å²) in [6.07, 6.45) is 2.24. The number of hydrazone groups is 1. The van der Waals surface area contributed by atoms with Gasteiger partial charge in [0.15, 0.2) is 0 Å². The molecule has 0 fully saturated rings. The molecule has 0 radical (unpaired) electrons. The number of hydrogen-bond donors (Lipinski definition) is 1. The summed E-state index contributed by atoms with van der Waals surface area (Å²) in [5, 5.41) is 16.0. The van der Waals surface area contributed by atoms with Gasteiger partial charge in [0, 0.05) is 15.1 Å². The van der Waals surface area contributed by atoms with Crippen LogP contribution in [0.25, 0.3) is 6.08 Å². The first kappa shape index (κ1) is 20.3. The number of halogens is 2. The highest BCUT2D eigenvalue weighted by Crippen LogP contribution is 2.30. The molecule has 1 N–H and O–H groups in total. The average Bonchev–Trinajstić information content (AvgIpc) is 2.99. The van der Waals surface area contributed by atoms with E-state index in [9.17, 15) is 14.7 Å². The highest BCUT2D eigenvalue weighted by atomic mass is 79.9. The molecule has 2 aromatic rings. The molecule has 0 saturated heterocycles. The summed E-state index contributed by atoms with van der Waals surface area (Å²) >= 11 is 9.27. The summed E-state index contributed by atoms with van der Waals surface area (Å²) in [6.45, 7) is 1.91. The van der Waals surface area contributed by atoms with E-state index in [0.29, 0.717) is 22.8 Å². The molecule has 144 valence electrons. The quantitative estimate of drug-likeness (QED) is 0.586. The topological polar surface area (TPSA) is 70.0 Å². The Balaban J connectivity index is 1.87. The number of nitrogens with zero attached hydrogens (tertiary/aromatic N) is 2. The molecule has 0 aromatic heterocycles. The molecule has 0 bridgehead atoms. The highest BCUT2D eigenvalue weighted by Gasteiger charge is 2.37. The Morgan fingerprint density at radius 2 is 1.86 bits per heavy atom. The van der Waals surface area contributed by atoms with Gasteiger partial charge in [-0.25, -0.2) is 9.80 Å². The molecule has 0 spiro atoms. The van der Waals surface area contributed by atoms with E-state index in [2.05, 4.69) is 21.0 Å². The number of carboxylic acid groups (broad SMARTS) is 1. The molecule has 5 nitrogen and oxygen atoms in total. The molecule has 3 rings (SSSR count). The van der Waals surface area contributed by atoms with Crippen LogP contribution < -0.4 is 5.01 Å². The van der Waals surface area contributed by atoms with E-state index in [4.69, 9.17) is 11.6 Å². The van der Waals surface area contributed by atoms with Crippen molar-refractivity contribution in [2.24, 2.45) is 11.0 Å². The predicted molar refractivity (Wildman–Crippen MR) is 115 cm³/mol. The fraction of sp³-hybridized carbons (Fsp3) is 0.190. The van der Waals surface area contributed by atoms with E-state index in [1.165, 1.54) is 5.01 Å². The van der Waals surface area contributed by atoms with Crippen molar-refractivity contribution < 1.29 is 14.7 Å². The van der Waals surface area contributed by atoms with Crippen LogP contribution in [-0.4, -0.2) is 22.7 Å². The van der Waals surface area contributed by atoms with Crippen molar-refractivity contribution in [1.29, 1.82) is 0 Å². The maximum Gasteiger partial charge on any atom is 0.331 e. The maximum absolute atomic E-state index is 13.0. The molecule has 0 saturated carbocycles. The standard InChI is InChI=1S/C21H18BrClN2O3/c1-2-19-18(20(26)25(24-19)17-9-7-16(23)8-10-17)12-14(21(27)28)11-13-3-5-15(22)6-4-13/h3-11,18H,2,12H2,1H3,(H,27,28)/b14-11-. The van der Waals surface area contributed by atoms with E-state index < -0.39 is 11.9 Å². The van der Waals surface area contributed by atoms with Crippen LogP contribution in [0, 0.1) is 5.92 Å². The van der Waals surface area contributed by atoms with Crippen molar-refractivity contribution in [3.8, 4) is 0 Å². The highest BCUT2D eigenvalue weighted by molar-refractivity contribution is 9.10. The van der Waals surface area contributed by atoms with Crippen LogP contribution in [0.5, 0.6) is 0 Å². The predicted octanol–water partition coefficient (Wildman–Crippen LogP) is 5.39. The average molecular weight is 462 g/mol. The van der Waals surface area contributed by atoms with Gasteiger partial charge in [-0.2, -0.15) is 5.10 Å². The van der Waals surface area contributed by atoms with Crippen LogP contribution >= 0.6 is 27.5 Å². The third-order valence-electron chi connectivity index (χ3n) is 4.48. The van der Waals surface area contributed by atoms with Crippen molar-refractivity contribution in [2.45, 2.75) is 19.8 Å². The summed E-state index contributed by atoms with van der Waals surface area (Å²) in [6, 6.07) is 14.1. The van der Waals surface area contributed by atoms with E-state index in [1.54, 1.807) is 30.3 Å². The van der Waals surface area contributed by atoms with Gasteiger partial charge in [-0.1, -0.05) is 46.6 Å². The van der Waals surface area contributed by atoms with Gasteiger partial charge in [0.25, 0.3) is 5.91 Å². The number of carbonyl (C=O) groups is 2. The molecule has 1 aliphatic rings. The van der Waals surface area contributed by atoms with E-state index >= 15 is 0 Å². The first-order valence-corrected chi connectivity index (χ1v) is 9.92. The molecule has 7 heteroatoms. The Labute approximate surface area is 176 Å². The minimum atomic E-state index is -1.05. The maximum atomic E-state index is 13.0. The number of amides is 1. The summed E-state index contributed by atoms with van der Waals surface area (Å²) in [5.74, 6) is -1.88. The number of anilines is 1. The van der Waals surface area contributed by atoms with E-state index in [1.807, 2.05) is 31.2 Å². The smallest absolute Gasteiger partial charge is 0.331 e. The minimum absolute atomic E-state index is 0.0843. The summed E-state index contributed by atoms with van der Waals surface area (Å²) in [4.78, 5) is 24.8. The minimum Gasteiger partial charge on any atom is -0.478 e. The fourth-order valence-corrected chi connectivity index (χ4v) is 3.41.